The van der Waals surface area contributed by atoms with E-state index in [0.717, 1.165) is 23.7 Å². The number of amides is 2. The molecule has 0 bridgehead atoms. The molecule has 0 saturated carbocycles. The molecule has 28 heavy (non-hydrogen) atoms. The standard InChI is InChI=1S/C21H24N4O2S/c1-3-27-18-7-5-4-6-16(18)22-20(26)24-10-12-25(13-11-24)21-23-17-9-8-15(2)14-19(17)28-21/h4-9,14H,3,10-13H2,1-2H3,(H,22,26). The number of aromatic nitrogens is 1. The summed E-state index contributed by atoms with van der Waals surface area (Å²) in [5.41, 5.74) is 2.99. The first kappa shape index (κ1) is 18.6. The number of anilines is 2. The summed E-state index contributed by atoms with van der Waals surface area (Å²) >= 11 is 1.72. The van der Waals surface area contributed by atoms with E-state index in [0.29, 0.717) is 31.1 Å². The van der Waals surface area contributed by atoms with Gasteiger partial charge in [-0.3, -0.25) is 0 Å². The van der Waals surface area contributed by atoms with Crippen molar-refractivity contribution in [3.05, 3.63) is 48.0 Å². The Morgan fingerprint density at radius 2 is 1.96 bits per heavy atom. The van der Waals surface area contributed by atoms with Gasteiger partial charge >= 0.3 is 6.03 Å². The zero-order valence-electron chi connectivity index (χ0n) is 16.1. The summed E-state index contributed by atoms with van der Waals surface area (Å²) in [6.07, 6.45) is 0. The van der Waals surface area contributed by atoms with Crippen LogP contribution in [0.2, 0.25) is 0 Å². The van der Waals surface area contributed by atoms with Crippen molar-refractivity contribution in [1.29, 1.82) is 0 Å². The lowest BCUT2D eigenvalue weighted by atomic mass is 10.2. The van der Waals surface area contributed by atoms with E-state index in [1.807, 2.05) is 36.1 Å². The number of piperazine rings is 1. The van der Waals surface area contributed by atoms with E-state index in [2.05, 4.69) is 35.3 Å². The first-order chi connectivity index (χ1) is 13.6. The van der Waals surface area contributed by atoms with Crippen LogP contribution >= 0.6 is 11.3 Å². The van der Waals surface area contributed by atoms with Crippen LogP contribution in [0.5, 0.6) is 5.75 Å². The third-order valence-electron chi connectivity index (χ3n) is 4.80. The Kier molecular flexibility index (Phi) is 5.34. The molecule has 0 spiro atoms. The van der Waals surface area contributed by atoms with E-state index >= 15 is 0 Å². The highest BCUT2D eigenvalue weighted by atomic mass is 32.1. The minimum absolute atomic E-state index is 0.0910. The molecule has 1 saturated heterocycles. The average Bonchev–Trinajstić information content (AvgIpc) is 3.13. The molecule has 1 aliphatic rings. The van der Waals surface area contributed by atoms with Crippen molar-refractivity contribution in [3.8, 4) is 5.75 Å². The van der Waals surface area contributed by atoms with Gasteiger partial charge in [0, 0.05) is 26.2 Å². The normalized spacial score (nSPS) is 14.4. The second-order valence-electron chi connectivity index (χ2n) is 6.80. The molecule has 4 rings (SSSR count). The van der Waals surface area contributed by atoms with Crippen LogP contribution < -0.4 is 15.0 Å². The maximum atomic E-state index is 12.7. The first-order valence-electron chi connectivity index (χ1n) is 9.54. The van der Waals surface area contributed by atoms with Crippen molar-refractivity contribution in [2.75, 3.05) is 43.0 Å². The van der Waals surface area contributed by atoms with Gasteiger partial charge in [-0.05, 0) is 43.7 Å². The number of carbonyl (C=O) groups is 1. The Labute approximate surface area is 168 Å². The molecule has 3 aromatic rings. The molecule has 6 nitrogen and oxygen atoms in total. The zero-order chi connectivity index (χ0) is 19.5. The summed E-state index contributed by atoms with van der Waals surface area (Å²) in [6.45, 7) is 7.47. The van der Waals surface area contributed by atoms with Crippen LogP contribution in [0.25, 0.3) is 10.2 Å². The molecule has 1 aromatic heterocycles. The summed E-state index contributed by atoms with van der Waals surface area (Å²) in [4.78, 5) is 21.5. The fourth-order valence-electron chi connectivity index (χ4n) is 3.30. The van der Waals surface area contributed by atoms with Gasteiger partial charge in [-0.1, -0.05) is 29.5 Å². The third-order valence-corrected chi connectivity index (χ3v) is 5.88. The van der Waals surface area contributed by atoms with E-state index in [9.17, 15) is 4.79 Å². The predicted octanol–water partition coefficient (Wildman–Crippen LogP) is 4.36. The summed E-state index contributed by atoms with van der Waals surface area (Å²) in [6, 6.07) is 13.8. The topological polar surface area (TPSA) is 57.7 Å². The number of ether oxygens (including phenoxy) is 1. The van der Waals surface area contributed by atoms with Gasteiger partial charge in [0.1, 0.15) is 5.75 Å². The molecule has 146 valence electrons. The van der Waals surface area contributed by atoms with Crippen molar-refractivity contribution < 1.29 is 9.53 Å². The van der Waals surface area contributed by atoms with Crippen LogP contribution in [0.4, 0.5) is 15.6 Å². The quantitative estimate of drug-likeness (QED) is 0.712. The number of nitrogens with zero attached hydrogens (tertiary/aromatic N) is 3. The molecular weight excluding hydrogens is 372 g/mol. The molecule has 0 aliphatic carbocycles. The summed E-state index contributed by atoms with van der Waals surface area (Å²) in [5.74, 6) is 0.696. The number of hydrogen-bond acceptors (Lipinski definition) is 5. The number of carbonyl (C=O) groups excluding carboxylic acids is 1. The molecule has 2 aromatic carbocycles. The van der Waals surface area contributed by atoms with Crippen molar-refractivity contribution in [3.63, 3.8) is 0 Å². The van der Waals surface area contributed by atoms with E-state index in [1.54, 1.807) is 11.3 Å². The Bertz CT molecular complexity index is 979. The number of aryl methyl sites for hydroxylation is 1. The molecule has 7 heteroatoms. The Hall–Kier alpha value is -2.80. The third kappa shape index (κ3) is 3.89. The minimum Gasteiger partial charge on any atom is -0.492 e. The van der Waals surface area contributed by atoms with E-state index < -0.39 is 0 Å². The SMILES string of the molecule is CCOc1ccccc1NC(=O)N1CCN(c2nc3ccc(C)cc3s2)CC1. The van der Waals surface area contributed by atoms with Crippen LogP contribution in [-0.2, 0) is 0 Å². The number of urea groups is 1. The molecule has 1 aliphatic heterocycles. The highest BCUT2D eigenvalue weighted by Gasteiger charge is 2.23. The molecule has 0 unspecified atom stereocenters. The van der Waals surface area contributed by atoms with Crippen molar-refractivity contribution in [1.82, 2.24) is 9.88 Å². The average molecular weight is 397 g/mol. The molecule has 0 atom stereocenters. The van der Waals surface area contributed by atoms with Gasteiger partial charge in [-0.2, -0.15) is 0 Å². The van der Waals surface area contributed by atoms with Gasteiger partial charge in [0.2, 0.25) is 0 Å². The molecule has 2 amide bonds. The number of benzene rings is 2. The Morgan fingerprint density at radius 1 is 1.18 bits per heavy atom. The molecule has 1 N–H and O–H groups in total. The van der Waals surface area contributed by atoms with Gasteiger partial charge in [0.25, 0.3) is 0 Å². The number of thiazole rings is 1. The second kappa shape index (κ2) is 8.06. The second-order valence-corrected chi connectivity index (χ2v) is 7.81. The largest absolute Gasteiger partial charge is 0.492 e. The molecule has 0 radical (unpaired) electrons. The minimum atomic E-state index is -0.0910. The van der Waals surface area contributed by atoms with Gasteiger partial charge in [-0.15, -0.1) is 0 Å². The van der Waals surface area contributed by atoms with Crippen molar-refractivity contribution in [2.24, 2.45) is 0 Å². The lowest BCUT2D eigenvalue weighted by Crippen LogP contribution is -2.50. The van der Waals surface area contributed by atoms with E-state index in [1.165, 1.54) is 10.3 Å². The van der Waals surface area contributed by atoms with Gasteiger partial charge in [0.15, 0.2) is 5.13 Å². The lowest BCUT2D eigenvalue weighted by Gasteiger charge is -2.34. The predicted molar refractivity (Wildman–Crippen MR) is 115 cm³/mol. The highest BCUT2D eigenvalue weighted by Crippen LogP contribution is 2.30. The fraction of sp³-hybridized carbons (Fsp3) is 0.333. The zero-order valence-corrected chi connectivity index (χ0v) is 17.0. The number of hydrogen-bond donors (Lipinski definition) is 1. The number of rotatable bonds is 4. The van der Waals surface area contributed by atoms with E-state index in [4.69, 9.17) is 9.72 Å². The molecule has 1 fully saturated rings. The summed E-state index contributed by atoms with van der Waals surface area (Å²) < 4.78 is 6.80. The number of para-hydroxylation sites is 2. The van der Waals surface area contributed by atoms with Crippen molar-refractivity contribution in [2.45, 2.75) is 13.8 Å². The first-order valence-corrected chi connectivity index (χ1v) is 10.4. The van der Waals surface area contributed by atoms with E-state index in [-0.39, 0.29) is 6.03 Å². The highest BCUT2D eigenvalue weighted by molar-refractivity contribution is 7.22. The van der Waals surface area contributed by atoms with Gasteiger partial charge < -0.3 is 19.9 Å². The monoisotopic (exact) mass is 396 g/mol. The maximum Gasteiger partial charge on any atom is 0.322 e. The van der Waals surface area contributed by atoms with Crippen LogP contribution in [0.15, 0.2) is 42.5 Å². The van der Waals surface area contributed by atoms with Crippen molar-refractivity contribution >= 4 is 38.4 Å². The summed E-state index contributed by atoms with van der Waals surface area (Å²) in [7, 11) is 0. The molecular formula is C21H24N4O2S. The Morgan fingerprint density at radius 3 is 2.75 bits per heavy atom. The van der Waals surface area contributed by atoms with Crippen LogP contribution in [0.1, 0.15) is 12.5 Å². The Balaban J connectivity index is 1.39. The van der Waals surface area contributed by atoms with Gasteiger partial charge in [-0.25, -0.2) is 9.78 Å². The fourth-order valence-corrected chi connectivity index (χ4v) is 4.42. The van der Waals surface area contributed by atoms with Gasteiger partial charge in [0.05, 0.1) is 22.5 Å². The smallest absolute Gasteiger partial charge is 0.322 e. The van der Waals surface area contributed by atoms with Crippen LogP contribution in [0.3, 0.4) is 0 Å². The molecule has 2 heterocycles. The van der Waals surface area contributed by atoms with Crippen LogP contribution in [-0.4, -0.2) is 48.7 Å². The lowest BCUT2D eigenvalue weighted by molar-refractivity contribution is 0.208. The maximum absolute atomic E-state index is 12.7. The number of nitrogens with one attached hydrogen (secondary N) is 1. The van der Waals surface area contributed by atoms with Crippen LogP contribution in [0, 0.1) is 6.92 Å². The summed E-state index contributed by atoms with van der Waals surface area (Å²) in [5, 5.41) is 4.01. The number of fused-ring (bicyclic) bond motifs is 1.